The molecule has 0 aliphatic heterocycles. The van der Waals surface area contributed by atoms with Gasteiger partial charge in [0.1, 0.15) is 0 Å². The second kappa shape index (κ2) is 10.4. The molecule has 9 aromatic rings. The average Bonchev–Trinajstić information content (AvgIpc) is 3.46. The smallest absolute Gasteiger partial charge is 0.0561 e. The van der Waals surface area contributed by atoms with Gasteiger partial charge in [-0.3, -0.25) is 0 Å². The molecule has 2 aliphatic carbocycles. The number of rotatable bonds is 4. The van der Waals surface area contributed by atoms with Crippen LogP contribution in [0.2, 0.25) is 0 Å². The van der Waals surface area contributed by atoms with Gasteiger partial charge in [0.25, 0.3) is 0 Å². The lowest BCUT2D eigenvalue weighted by atomic mass is 9.83. The van der Waals surface area contributed by atoms with Crippen LogP contribution in [0.5, 0.6) is 0 Å². The number of fused-ring (bicyclic) bond motifs is 7. The quantitative estimate of drug-likeness (QED) is 0.187. The molecule has 0 saturated heterocycles. The summed E-state index contributed by atoms with van der Waals surface area (Å²) >= 11 is 0. The van der Waals surface area contributed by atoms with Crippen molar-refractivity contribution in [2.45, 2.75) is 0 Å². The molecule has 1 aromatic heterocycles. The summed E-state index contributed by atoms with van der Waals surface area (Å²) in [5.41, 5.74) is 19.9. The SMILES string of the molecule is c1ccc(N(c2ccc3c(c2)-c2c4cccc2-c2cccc-3c2-c2ccccc2-4)c2ccc3c4ccccc4n(-c4ccccc4)c3c2)cc1. The van der Waals surface area contributed by atoms with Crippen molar-refractivity contribution >= 4 is 38.9 Å². The van der Waals surface area contributed by atoms with Gasteiger partial charge in [0.05, 0.1) is 11.0 Å². The molecule has 0 amide bonds. The van der Waals surface area contributed by atoms with Crippen molar-refractivity contribution in [3.8, 4) is 61.3 Å². The Morgan fingerprint density at radius 2 is 0.820 bits per heavy atom. The minimum atomic E-state index is 1.12. The van der Waals surface area contributed by atoms with Crippen molar-refractivity contribution in [2.75, 3.05) is 4.90 Å². The summed E-state index contributed by atoms with van der Waals surface area (Å²) in [6.45, 7) is 0. The second-order valence-corrected chi connectivity index (χ2v) is 13.3. The molecule has 11 rings (SSSR count). The molecule has 0 N–H and O–H groups in total. The molecule has 2 aliphatic rings. The summed E-state index contributed by atoms with van der Waals surface area (Å²) in [5, 5.41) is 2.50. The van der Waals surface area contributed by atoms with E-state index in [2.05, 4.69) is 191 Å². The van der Waals surface area contributed by atoms with Crippen LogP contribution >= 0.6 is 0 Å². The lowest BCUT2D eigenvalue weighted by molar-refractivity contribution is 1.18. The number of aromatic nitrogens is 1. The van der Waals surface area contributed by atoms with E-state index in [4.69, 9.17) is 0 Å². The Hall–Kier alpha value is -6.64. The van der Waals surface area contributed by atoms with Crippen LogP contribution in [0.4, 0.5) is 17.1 Å². The highest BCUT2D eigenvalue weighted by atomic mass is 15.1. The number of hydrogen-bond donors (Lipinski definition) is 0. The largest absolute Gasteiger partial charge is 0.310 e. The van der Waals surface area contributed by atoms with E-state index < -0.39 is 0 Å². The molecule has 0 spiro atoms. The highest BCUT2D eigenvalue weighted by Crippen LogP contribution is 2.57. The van der Waals surface area contributed by atoms with Gasteiger partial charge in [-0.15, -0.1) is 0 Å². The first-order valence-corrected chi connectivity index (χ1v) is 17.3. The fourth-order valence-electron chi connectivity index (χ4n) is 8.61. The van der Waals surface area contributed by atoms with E-state index in [1.165, 1.54) is 77.4 Å². The molecule has 2 heteroatoms. The summed E-state index contributed by atoms with van der Waals surface area (Å²) in [6, 6.07) is 66.8. The van der Waals surface area contributed by atoms with E-state index in [1.807, 2.05) is 0 Å². The van der Waals surface area contributed by atoms with E-state index in [0.717, 1.165) is 22.7 Å². The van der Waals surface area contributed by atoms with Gasteiger partial charge in [-0.1, -0.05) is 127 Å². The molecule has 1 heterocycles. The predicted molar refractivity (Wildman–Crippen MR) is 210 cm³/mol. The number of benzene rings is 8. The molecule has 8 aromatic carbocycles. The number of para-hydroxylation sites is 3. The molecule has 0 fully saturated rings. The highest BCUT2D eigenvalue weighted by Gasteiger charge is 2.31. The number of hydrogen-bond acceptors (Lipinski definition) is 1. The summed E-state index contributed by atoms with van der Waals surface area (Å²) in [4.78, 5) is 2.41. The zero-order chi connectivity index (χ0) is 32.8. The van der Waals surface area contributed by atoms with E-state index >= 15 is 0 Å². The standard InChI is InChI=1S/C48H30N2/c1-3-13-31(14-4-1)49(34-26-28-38-37-18-9-10-24-45(37)50(46(38)30-34)32-15-5-2-6-16-32)33-25-27-36-41-21-12-22-42-43-23-11-20-40(48(43)44(36)29-33)35-17-7-8-19-39(35)47(41)42/h1-30H. The summed E-state index contributed by atoms with van der Waals surface area (Å²) < 4.78 is 2.40. The molecule has 2 nitrogen and oxygen atoms in total. The van der Waals surface area contributed by atoms with Gasteiger partial charge in [-0.25, -0.2) is 0 Å². The van der Waals surface area contributed by atoms with Crippen LogP contribution in [0.1, 0.15) is 0 Å². The fourth-order valence-corrected chi connectivity index (χ4v) is 8.61. The van der Waals surface area contributed by atoms with Crippen molar-refractivity contribution in [3.63, 3.8) is 0 Å². The number of anilines is 3. The van der Waals surface area contributed by atoms with Crippen molar-refractivity contribution in [1.82, 2.24) is 4.57 Å². The molecule has 50 heavy (non-hydrogen) atoms. The topological polar surface area (TPSA) is 8.17 Å². The molecule has 232 valence electrons. The van der Waals surface area contributed by atoms with Crippen molar-refractivity contribution in [3.05, 3.63) is 182 Å². The van der Waals surface area contributed by atoms with Crippen LogP contribution in [0.25, 0.3) is 83.1 Å². The highest BCUT2D eigenvalue weighted by molar-refractivity contribution is 6.15. The summed E-state index contributed by atoms with van der Waals surface area (Å²) in [6.07, 6.45) is 0. The van der Waals surface area contributed by atoms with E-state index in [1.54, 1.807) is 0 Å². The van der Waals surface area contributed by atoms with E-state index in [-0.39, 0.29) is 0 Å². The van der Waals surface area contributed by atoms with Crippen molar-refractivity contribution < 1.29 is 0 Å². The predicted octanol–water partition coefficient (Wildman–Crippen LogP) is 13.2. The number of nitrogens with zero attached hydrogens (tertiary/aromatic N) is 2. The Bertz CT molecular complexity index is 2790. The zero-order valence-corrected chi connectivity index (χ0v) is 27.2. The van der Waals surface area contributed by atoms with Crippen molar-refractivity contribution in [1.29, 1.82) is 0 Å². The maximum absolute atomic E-state index is 2.43. The molecular weight excluding hydrogens is 605 g/mol. The third-order valence-corrected chi connectivity index (χ3v) is 10.7. The van der Waals surface area contributed by atoms with Crippen LogP contribution in [-0.4, -0.2) is 4.57 Å². The van der Waals surface area contributed by atoms with Crippen LogP contribution < -0.4 is 4.90 Å². The van der Waals surface area contributed by atoms with Gasteiger partial charge in [0, 0.05) is 33.5 Å². The molecule has 0 unspecified atom stereocenters. The summed E-state index contributed by atoms with van der Waals surface area (Å²) in [7, 11) is 0. The molecule has 6 bridgehead atoms. The van der Waals surface area contributed by atoms with Crippen LogP contribution in [0.15, 0.2) is 182 Å². The van der Waals surface area contributed by atoms with Crippen LogP contribution in [0, 0.1) is 0 Å². The lowest BCUT2D eigenvalue weighted by Crippen LogP contribution is -2.10. The second-order valence-electron chi connectivity index (χ2n) is 13.3. The Kier molecular flexibility index (Phi) is 5.70. The zero-order valence-electron chi connectivity index (χ0n) is 27.2. The first kappa shape index (κ1) is 27.3. The molecule has 0 saturated carbocycles. The summed E-state index contributed by atoms with van der Waals surface area (Å²) in [5.74, 6) is 0. The maximum atomic E-state index is 2.43. The normalized spacial score (nSPS) is 12.0. The van der Waals surface area contributed by atoms with Gasteiger partial charge in [-0.2, -0.15) is 0 Å². The minimum absolute atomic E-state index is 1.12. The van der Waals surface area contributed by atoms with Crippen LogP contribution in [0.3, 0.4) is 0 Å². The van der Waals surface area contributed by atoms with Gasteiger partial charge in [0.15, 0.2) is 0 Å². The molecule has 0 atom stereocenters. The van der Waals surface area contributed by atoms with Crippen LogP contribution in [-0.2, 0) is 0 Å². The maximum Gasteiger partial charge on any atom is 0.0561 e. The Morgan fingerprint density at radius 1 is 0.300 bits per heavy atom. The molecule has 0 radical (unpaired) electrons. The monoisotopic (exact) mass is 634 g/mol. The minimum Gasteiger partial charge on any atom is -0.310 e. The van der Waals surface area contributed by atoms with Gasteiger partial charge < -0.3 is 9.47 Å². The lowest BCUT2D eigenvalue weighted by Gasteiger charge is -2.28. The first-order valence-electron chi connectivity index (χ1n) is 17.3. The fraction of sp³-hybridized carbons (Fsp3) is 0. The Labute approximate surface area is 290 Å². The van der Waals surface area contributed by atoms with E-state index in [9.17, 15) is 0 Å². The van der Waals surface area contributed by atoms with Crippen molar-refractivity contribution in [2.24, 2.45) is 0 Å². The van der Waals surface area contributed by atoms with Gasteiger partial charge in [0.2, 0.25) is 0 Å². The molecular formula is C48H30N2. The average molecular weight is 635 g/mol. The Balaban J connectivity index is 1.18. The third kappa shape index (κ3) is 3.79. The van der Waals surface area contributed by atoms with Gasteiger partial charge >= 0.3 is 0 Å². The third-order valence-electron chi connectivity index (χ3n) is 10.7. The van der Waals surface area contributed by atoms with E-state index in [0.29, 0.717) is 0 Å². The first-order chi connectivity index (χ1) is 24.8. The van der Waals surface area contributed by atoms with Gasteiger partial charge in [-0.05, 0) is 110 Å². The Morgan fingerprint density at radius 3 is 1.58 bits per heavy atom.